The zero-order chi connectivity index (χ0) is 16.5. The van der Waals surface area contributed by atoms with E-state index in [0.717, 1.165) is 18.6 Å². The molecule has 0 aromatic heterocycles. The highest BCUT2D eigenvalue weighted by Gasteiger charge is 2.03. The van der Waals surface area contributed by atoms with Crippen LogP contribution in [0, 0.1) is 5.82 Å². The van der Waals surface area contributed by atoms with Crippen LogP contribution in [0.15, 0.2) is 60.8 Å². The van der Waals surface area contributed by atoms with E-state index in [4.69, 9.17) is 4.74 Å². The Morgan fingerprint density at radius 3 is 2.61 bits per heavy atom. The number of unbranched alkanes of at least 4 members (excludes halogenated alkanes) is 1. The van der Waals surface area contributed by atoms with Crippen molar-refractivity contribution in [2.24, 2.45) is 0 Å². The summed E-state index contributed by atoms with van der Waals surface area (Å²) in [5.74, 6) is 0.232. The summed E-state index contributed by atoms with van der Waals surface area (Å²) in [7, 11) is 0. The Morgan fingerprint density at radius 1 is 1.17 bits per heavy atom. The number of hydrogen-bond acceptors (Lipinski definition) is 3. The highest BCUT2D eigenvalue weighted by atomic mass is 19.1. The van der Waals surface area contributed by atoms with Crippen molar-refractivity contribution in [1.82, 2.24) is 0 Å². The molecule has 0 aliphatic carbocycles. The molecule has 0 aliphatic rings. The first-order valence-corrected chi connectivity index (χ1v) is 7.65. The van der Waals surface area contributed by atoms with Crippen molar-refractivity contribution in [3.8, 4) is 5.75 Å². The number of anilines is 1. The van der Waals surface area contributed by atoms with Gasteiger partial charge in [0.05, 0.1) is 12.3 Å². The van der Waals surface area contributed by atoms with Crippen molar-refractivity contribution < 1.29 is 13.9 Å². The van der Waals surface area contributed by atoms with Crippen LogP contribution in [0.5, 0.6) is 5.75 Å². The Hall–Kier alpha value is -2.62. The van der Waals surface area contributed by atoms with E-state index >= 15 is 0 Å². The Balaban J connectivity index is 1.90. The smallest absolute Gasteiger partial charge is 0.187 e. The van der Waals surface area contributed by atoms with Gasteiger partial charge in [-0.1, -0.05) is 25.5 Å². The van der Waals surface area contributed by atoms with E-state index in [1.807, 2.05) is 0 Å². The maximum absolute atomic E-state index is 13.4. The monoisotopic (exact) mass is 313 g/mol. The van der Waals surface area contributed by atoms with E-state index in [-0.39, 0.29) is 11.6 Å². The highest BCUT2D eigenvalue weighted by Crippen LogP contribution is 2.14. The van der Waals surface area contributed by atoms with Gasteiger partial charge in [-0.2, -0.15) is 0 Å². The molecule has 23 heavy (non-hydrogen) atoms. The second-order valence-corrected chi connectivity index (χ2v) is 5.05. The SMILES string of the molecule is CCCCOc1ccc(C(=O)C=CNc2ccccc2F)cc1. The lowest BCUT2D eigenvalue weighted by Gasteiger charge is -2.05. The zero-order valence-corrected chi connectivity index (χ0v) is 13.1. The predicted molar refractivity (Wildman–Crippen MR) is 90.3 cm³/mol. The predicted octanol–water partition coefficient (Wildman–Crippen LogP) is 4.81. The first-order valence-electron chi connectivity index (χ1n) is 7.65. The molecule has 0 heterocycles. The number of benzene rings is 2. The van der Waals surface area contributed by atoms with Crippen LogP contribution in [0.2, 0.25) is 0 Å². The van der Waals surface area contributed by atoms with Crippen LogP contribution in [-0.2, 0) is 0 Å². The van der Waals surface area contributed by atoms with Gasteiger partial charge >= 0.3 is 0 Å². The quantitative estimate of drug-likeness (QED) is 0.431. The fourth-order valence-electron chi connectivity index (χ4n) is 1.93. The molecule has 0 spiro atoms. The van der Waals surface area contributed by atoms with Gasteiger partial charge in [-0.3, -0.25) is 4.79 Å². The minimum atomic E-state index is -0.363. The Bertz CT molecular complexity index is 665. The molecule has 2 aromatic rings. The molecule has 0 aliphatic heterocycles. The standard InChI is InChI=1S/C19H20FNO2/c1-2-3-14-23-16-10-8-15(9-11-16)19(22)12-13-21-18-7-5-4-6-17(18)20/h4-13,21H,2-3,14H2,1H3. The summed E-state index contributed by atoms with van der Waals surface area (Å²) in [6, 6.07) is 13.3. The van der Waals surface area contributed by atoms with Crippen LogP contribution in [0.1, 0.15) is 30.1 Å². The fraction of sp³-hybridized carbons (Fsp3) is 0.211. The molecule has 0 fully saturated rings. The van der Waals surface area contributed by atoms with E-state index in [0.29, 0.717) is 17.9 Å². The third-order valence-electron chi connectivity index (χ3n) is 3.25. The number of carbonyl (C=O) groups excluding carboxylic acids is 1. The number of ether oxygens (including phenoxy) is 1. The summed E-state index contributed by atoms with van der Waals surface area (Å²) < 4.78 is 19.0. The molecule has 0 saturated carbocycles. The number of para-hydroxylation sites is 1. The summed E-state index contributed by atoms with van der Waals surface area (Å²) in [5.41, 5.74) is 0.885. The average molecular weight is 313 g/mol. The molecule has 0 amide bonds. The molecule has 0 bridgehead atoms. The van der Waals surface area contributed by atoms with Gasteiger partial charge in [0.1, 0.15) is 11.6 Å². The normalized spacial score (nSPS) is 10.7. The third kappa shape index (κ3) is 5.25. The lowest BCUT2D eigenvalue weighted by molar-refractivity contribution is 0.104. The minimum absolute atomic E-state index is 0.158. The Morgan fingerprint density at radius 2 is 1.91 bits per heavy atom. The van der Waals surface area contributed by atoms with E-state index < -0.39 is 0 Å². The molecule has 0 saturated heterocycles. The van der Waals surface area contributed by atoms with Gasteiger partial charge in [-0.15, -0.1) is 0 Å². The minimum Gasteiger partial charge on any atom is -0.494 e. The molecule has 120 valence electrons. The summed E-state index contributed by atoms with van der Waals surface area (Å²) in [6.45, 7) is 2.78. The largest absolute Gasteiger partial charge is 0.494 e. The number of nitrogens with one attached hydrogen (secondary N) is 1. The van der Waals surface area contributed by atoms with Gasteiger partial charge in [-0.25, -0.2) is 4.39 Å². The van der Waals surface area contributed by atoms with Gasteiger partial charge in [0.2, 0.25) is 0 Å². The average Bonchev–Trinajstić information content (AvgIpc) is 2.57. The maximum Gasteiger partial charge on any atom is 0.187 e. The van der Waals surface area contributed by atoms with E-state index in [2.05, 4.69) is 12.2 Å². The summed E-state index contributed by atoms with van der Waals surface area (Å²) in [6.07, 6.45) is 4.90. The van der Waals surface area contributed by atoms with Gasteiger partial charge < -0.3 is 10.1 Å². The Labute approximate surface area is 135 Å². The summed E-state index contributed by atoms with van der Waals surface area (Å²) >= 11 is 0. The molecular weight excluding hydrogens is 293 g/mol. The molecule has 0 atom stereocenters. The van der Waals surface area contributed by atoms with Crippen molar-refractivity contribution in [3.05, 3.63) is 72.2 Å². The van der Waals surface area contributed by atoms with Crippen molar-refractivity contribution in [1.29, 1.82) is 0 Å². The van der Waals surface area contributed by atoms with Gasteiger partial charge in [0.25, 0.3) is 0 Å². The maximum atomic E-state index is 13.4. The van der Waals surface area contributed by atoms with Crippen molar-refractivity contribution in [2.75, 3.05) is 11.9 Å². The highest BCUT2D eigenvalue weighted by molar-refractivity contribution is 6.04. The van der Waals surface area contributed by atoms with Gasteiger partial charge in [-0.05, 0) is 42.8 Å². The molecule has 3 nitrogen and oxygen atoms in total. The van der Waals surface area contributed by atoms with Crippen LogP contribution in [0.25, 0.3) is 0 Å². The number of allylic oxidation sites excluding steroid dienone is 1. The van der Waals surface area contributed by atoms with Gasteiger partial charge in [0, 0.05) is 17.8 Å². The molecule has 4 heteroatoms. The van der Waals surface area contributed by atoms with Crippen molar-refractivity contribution >= 4 is 11.5 Å². The number of ketones is 1. The first-order chi connectivity index (χ1) is 11.2. The first kappa shape index (κ1) is 16.7. The van der Waals surface area contributed by atoms with Crippen LogP contribution >= 0.6 is 0 Å². The lowest BCUT2D eigenvalue weighted by Crippen LogP contribution is -1.99. The van der Waals surface area contributed by atoms with Crippen molar-refractivity contribution in [3.63, 3.8) is 0 Å². The van der Waals surface area contributed by atoms with Crippen LogP contribution in [0.3, 0.4) is 0 Å². The third-order valence-corrected chi connectivity index (χ3v) is 3.25. The Kier molecular flexibility index (Phi) is 6.36. The van der Waals surface area contributed by atoms with Crippen LogP contribution in [0.4, 0.5) is 10.1 Å². The van der Waals surface area contributed by atoms with Crippen LogP contribution < -0.4 is 10.1 Å². The van der Waals surface area contributed by atoms with E-state index in [1.165, 1.54) is 18.3 Å². The lowest BCUT2D eigenvalue weighted by atomic mass is 10.1. The summed E-state index contributed by atoms with van der Waals surface area (Å²) in [5, 5.41) is 2.76. The topological polar surface area (TPSA) is 38.3 Å². The molecule has 0 radical (unpaired) electrons. The molecule has 2 aromatic carbocycles. The van der Waals surface area contributed by atoms with Gasteiger partial charge in [0.15, 0.2) is 5.78 Å². The van der Waals surface area contributed by atoms with Crippen LogP contribution in [-0.4, -0.2) is 12.4 Å². The number of halogens is 1. The van der Waals surface area contributed by atoms with E-state index in [9.17, 15) is 9.18 Å². The molecule has 1 N–H and O–H groups in total. The molecule has 2 rings (SSSR count). The fourth-order valence-corrected chi connectivity index (χ4v) is 1.93. The molecule has 0 unspecified atom stereocenters. The number of rotatable bonds is 8. The zero-order valence-electron chi connectivity index (χ0n) is 13.1. The number of carbonyl (C=O) groups is 1. The molecular formula is C19H20FNO2. The number of hydrogen-bond donors (Lipinski definition) is 1. The second kappa shape index (κ2) is 8.73. The van der Waals surface area contributed by atoms with Crippen molar-refractivity contribution in [2.45, 2.75) is 19.8 Å². The second-order valence-electron chi connectivity index (χ2n) is 5.05. The summed E-state index contributed by atoms with van der Waals surface area (Å²) in [4.78, 5) is 12.0. The van der Waals surface area contributed by atoms with E-state index in [1.54, 1.807) is 42.5 Å².